The Bertz CT molecular complexity index is 300. The lowest BCUT2D eigenvalue weighted by Gasteiger charge is -2.11. The van der Waals surface area contributed by atoms with Gasteiger partial charge in [0.1, 0.15) is 5.69 Å². The monoisotopic (exact) mass is 187 g/mol. The summed E-state index contributed by atoms with van der Waals surface area (Å²) in [6.45, 7) is 0. The fraction of sp³-hybridized carbons (Fsp3) is 0.250. The van der Waals surface area contributed by atoms with Crippen molar-refractivity contribution in [3.8, 4) is 0 Å². The van der Waals surface area contributed by atoms with E-state index in [1.165, 1.54) is 18.3 Å². The molecular formula is C8H7F2NO2. The van der Waals surface area contributed by atoms with Gasteiger partial charge in [-0.05, 0) is 12.1 Å². The number of esters is 1. The third kappa shape index (κ3) is 1.80. The van der Waals surface area contributed by atoms with Crippen LogP contribution in [0.25, 0.3) is 0 Å². The minimum Gasteiger partial charge on any atom is -0.464 e. The van der Waals surface area contributed by atoms with Crippen LogP contribution in [0, 0.1) is 0 Å². The third-order valence-corrected chi connectivity index (χ3v) is 1.43. The van der Waals surface area contributed by atoms with E-state index >= 15 is 0 Å². The summed E-state index contributed by atoms with van der Waals surface area (Å²) in [4.78, 5) is 14.0. The van der Waals surface area contributed by atoms with E-state index in [-0.39, 0.29) is 0 Å². The summed E-state index contributed by atoms with van der Waals surface area (Å²) in [5, 5.41) is 0. The standard InChI is InChI=1S/C8H7F2NO2/c1-13-7(12)8(9,10)6-4-2-3-5-11-6/h2-5H,1H3. The van der Waals surface area contributed by atoms with E-state index in [1.54, 1.807) is 0 Å². The maximum atomic E-state index is 13.0. The smallest absolute Gasteiger partial charge is 0.384 e. The molecule has 0 amide bonds. The first kappa shape index (κ1) is 9.57. The maximum absolute atomic E-state index is 13.0. The largest absolute Gasteiger partial charge is 0.464 e. The number of pyridine rings is 1. The van der Waals surface area contributed by atoms with Gasteiger partial charge in [-0.2, -0.15) is 8.78 Å². The van der Waals surface area contributed by atoms with Crippen LogP contribution in [-0.2, 0) is 15.5 Å². The average Bonchev–Trinajstić information content (AvgIpc) is 2.18. The SMILES string of the molecule is COC(=O)C(F)(F)c1ccccn1. The molecule has 0 aliphatic heterocycles. The van der Waals surface area contributed by atoms with Gasteiger partial charge in [0.15, 0.2) is 0 Å². The Morgan fingerprint density at radius 2 is 2.23 bits per heavy atom. The number of halogens is 2. The number of aromatic nitrogens is 1. The number of carbonyl (C=O) groups is 1. The molecule has 0 saturated carbocycles. The molecule has 13 heavy (non-hydrogen) atoms. The lowest BCUT2D eigenvalue weighted by molar-refractivity contribution is -0.170. The molecule has 1 aromatic heterocycles. The number of carbonyl (C=O) groups excluding carboxylic acids is 1. The Morgan fingerprint density at radius 1 is 1.54 bits per heavy atom. The van der Waals surface area contributed by atoms with Gasteiger partial charge in [-0.15, -0.1) is 0 Å². The lowest BCUT2D eigenvalue weighted by Crippen LogP contribution is -2.28. The molecule has 1 aromatic rings. The molecule has 0 atom stereocenters. The fourth-order valence-electron chi connectivity index (χ4n) is 0.781. The Labute approximate surface area is 73.4 Å². The summed E-state index contributed by atoms with van der Waals surface area (Å²) in [6, 6.07) is 3.92. The Hall–Kier alpha value is -1.52. The molecule has 1 heterocycles. The van der Waals surface area contributed by atoms with Crippen LogP contribution in [0.4, 0.5) is 8.78 Å². The normalized spacial score (nSPS) is 11.0. The Balaban J connectivity index is 3.00. The summed E-state index contributed by atoms with van der Waals surface area (Å²) in [5.41, 5.74) is -0.609. The van der Waals surface area contributed by atoms with E-state index in [0.717, 1.165) is 13.2 Å². The Morgan fingerprint density at radius 3 is 2.69 bits per heavy atom. The van der Waals surface area contributed by atoms with Crippen LogP contribution < -0.4 is 0 Å². The van der Waals surface area contributed by atoms with Crippen molar-refractivity contribution in [2.45, 2.75) is 5.92 Å². The molecule has 0 fully saturated rings. The Kier molecular flexibility index (Phi) is 2.55. The van der Waals surface area contributed by atoms with Gasteiger partial charge >= 0.3 is 11.9 Å². The van der Waals surface area contributed by atoms with Crippen LogP contribution >= 0.6 is 0 Å². The highest BCUT2D eigenvalue weighted by Gasteiger charge is 2.43. The van der Waals surface area contributed by atoms with Crippen molar-refractivity contribution in [1.82, 2.24) is 4.98 Å². The molecule has 70 valence electrons. The lowest BCUT2D eigenvalue weighted by atomic mass is 10.2. The van der Waals surface area contributed by atoms with Gasteiger partial charge in [-0.1, -0.05) is 6.07 Å². The molecule has 3 nitrogen and oxygen atoms in total. The molecule has 1 rings (SSSR count). The minimum absolute atomic E-state index is 0.609. The first-order valence-corrected chi connectivity index (χ1v) is 3.46. The van der Waals surface area contributed by atoms with Crippen LogP contribution in [0.5, 0.6) is 0 Å². The van der Waals surface area contributed by atoms with Gasteiger partial charge in [0, 0.05) is 6.20 Å². The van der Waals surface area contributed by atoms with Gasteiger partial charge in [0.25, 0.3) is 0 Å². The molecule has 5 heteroatoms. The predicted molar refractivity (Wildman–Crippen MR) is 40.1 cm³/mol. The molecule has 0 spiro atoms. The van der Waals surface area contributed by atoms with Crippen molar-refractivity contribution in [3.63, 3.8) is 0 Å². The van der Waals surface area contributed by atoms with Gasteiger partial charge in [0.05, 0.1) is 7.11 Å². The van der Waals surface area contributed by atoms with E-state index in [2.05, 4.69) is 9.72 Å². The van der Waals surface area contributed by atoms with Crippen molar-refractivity contribution in [2.24, 2.45) is 0 Å². The second-order valence-electron chi connectivity index (χ2n) is 2.28. The van der Waals surface area contributed by atoms with Crippen molar-refractivity contribution in [3.05, 3.63) is 30.1 Å². The summed E-state index contributed by atoms with van der Waals surface area (Å²) < 4.78 is 30.0. The minimum atomic E-state index is -3.67. The number of hydrogen-bond donors (Lipinski definition) is 0. The molecule has 0 bridgehead atoms. The summed E-state index contributed by atoms with van der Waals surface area (Å²) in [5.74, 6) is -5.28. The molecule has 0 saturated heterocycles. The zero-order chi connectivity index (χ0) is 9.90. The topological polar surface area (TPSA) is 39.2 Å². The van der Waals surface area contributed by atoms with Gasteiger partial charge in [-0.3, -0.25) is 4.98 Å². The summed E-state index contributed by atoms with van der Waals surface area (Å²) in [7, 11) is 0.902. The number of rotatable bonds is 2. The molecule has 0 radical (unpaired) electrons. The number of nitrogens with zero attached hydrogens (tertiary/aromatic N) is 1. The fourth-order valence-corrected chi connectivity index (χ4v) is 0.781. The third-order valence-electron chi connectivity index (χ3n) is 1.43. The van der Waals surface area contributed by atoms with E-state index < -0.39 is 17.6 Å². The number of ether oxygens (including phenoxy) is 1. The molecule has 0 unspecified atom stereocenters. The van der Waals surface area contributed by atoms with E-state index in [9.17, 15) is 13.6 Å². The van der Waals surface area contributed by atoms with Crippen LogP contribution in [0.2, 0.25) is 0 Å². The van der Waals surface area contributed by atoms with E-state index in [4.69, 9.17) is 0 Å². The highest BCUT2D eigenvalue weighted by atomic mass is 19.3. The van der Waals surface area contributed by atoms with Crippen LogP contribution in [0.3, 0.4) is 0 Å². The van der Waals surface area contributed by atoms with Crippen molar-refractivity contribution < 1.29 is 18.3 Å². The summed E-state index contributed by atoms with van der Waals surface area (Å²) in [6.07, 6.45) is 1.19. The van der Waals surface area contributed by atoms with Crippen LogP contribution in [-0.4, -0.2) is 18.1 Å². The molecule has 0 N–H and O–H groups in total. The highest BCUT2D eigenvalue weighted by Crippen LogP contribution is 2.26. The first-order chi connectivity index (χ1) is 6.09. The van der Waals surface area contributed by atoms with E-state index in [1.807, 2.05) is 0 Å². The number of hydrogen-bond acceptors (Lipinski definition) is 3. The molecule has 0 aromatic carbocycles. The van der Waals surface area contributed by atoms with Crippen molar-refractivity contribution in [1.29, 1.82) is 0 Å². The molecule has 0 aliphatic carbocycles. The van der Waals surface area contributed by atoms with Crippen LogP contribution in [0.15, 0.2) is 24.4 Å². The second-order valence-corrected chi connectivity index (χ2v) is 2.28. The maximum Gasteiger partial charge on any atom is 0.384 e. The predicted octanol–water partition coefficient (Wildman–Crippen LogP) is 1.35. The van der Waals surface area contributed by atoms with Gasteiger partial charge in [0.2, 0.25) is 0 Å². The zero-order valence-electron chi connectivity index (χ0n) is 6.83. The van der Waals surface area contributed by atoms with Crippen molar-refractivity contribution in [2.75, 3.05) is 7.11 Å². The highest BCUT2D eigenvalue weighted by molar-refractivity contribution is 5.78. The van der Waals surface area contributed by atoms with Gasteiger partial charge < -0.3 is 4.74 Å². The average molecular weight is 187 g/mol. The number of methoxy groups -OCH3 is 1. The summed E-state index contributed by atoms with van der Waals surface area (Å²) >= 11 is 0. The first-order valence-electron chi connectivity index (χ1n) is 3.46. The van der Waals surface area contributed by atoms with E-state index in [0.29, 0.717) is 0 Å². The molecular weight excluding hydrogens is 180 g/mol. The molecule has 0 aliphatic rings. The van der Waals surface area contributed by atoms with Crippen LogP contribution in [0.1, 0.15) is 5.69 Å². The number of alkyl halides is 2. The second kappa shape index (κ2) is 3.47. The quantitative estimate of drug-likeness (QED) is 0.656. The van der Waals surface area contributed by atoms with Crippen molar-refractivity contribution >= 4 is 5.97 Å². The van der Waals surface area contributed by atoms with Gasteiger partial charge in [-0.25, -0.2) is 4.79 Å². The zero-order valence-corrected chi connectivity index (χ0v) is 6.83.